The number of ether oxygens (including phenoxy) is 1. The number of methoxy groups -OCH3 is 1. The number of aromatic nitrogens is 2. The van der Waals surface area contributed by atoms with E-state index in [1.54, 1.807) is 7.11 Å². The second-order valence-corrected chi connectivity index (χ2v) is 5.93. The fraction of sp³-hybridized carbons (Fsp3) is 0.389. The normalized spacial score (nSPS) is 14.6. The smallest absolute Gasteiger partial charge is 0.227 e. The van der Waals surface area contributed by atoms with Gasteiger partial charge in [0.2, 0.25) is 5.91 Å². The number of aryl methyl sites for hydroxylation is 1. The van der Waals surface area contributed by atoms with E-state index in [0.717, 1.165) is 35.9 Å². The lowest BCUT2D eigenvalue weighted by Crippen LogP contribution is -2.49. The van der Waals surface area contributed by atoms with Crippen molar-refractivity contribution in [2.45, 2.75) is 13.3 Å². The molecule has 6 heteroatoms. The summed E-state index contributed by atoms with van der Waals surface area (Å²) < 4.78 is 5.21. The second kappa shape index (κ2) is 7.29. The molecule has 2 heterocycles. The Kier molecular flexibility index (Phi) is 4.93. The predicted octanol–water partition coefficient (Wildman–Crippen LogP) is 1.68. The Bertz CT molecular complexity index is 694. The van der Waals surface area contributed by atoms with E-state index in [2.05, 4.69) is 15.1 Å². The van der Waals surface area contributed by atoms with Crippen molar-refractivity contribution in [2.24, 2.45) is 0 Å². The number of amides is 1. The lowest BCUT2D eigenvalue weighted by Gasteiger charge is -2.35. The summed E-state index contributed by atoms with van der Waals surface area (Å²) >= 11 is 0. The number of carbonyl (C=O) groups is 1. The fourth-order valence-corrected chi connectivity index (χ4v) is 2.81. The lowest BCUT2D eigenvalue weighted by molar-refractivity contribution is -0.130. The minimum absolute atomic E-state index is 0.151. The van der Waals surface area contributed by atoms with E-state index in [1.165, 1.54) is 0 Å². The molecular weight excluding hydrogens is 304 g/mol. The molecule has 1 fully saturated rings. The van der Waals surface area contributed by atoms with Gasteiger partial charge in [0.15, 0.2) is 5.82 Å². The molecule has 0 atom stereocenters. The van der Waals surface area contributed by atoms with E-state index < -0.39 is 0 Å². The molecular formula is C18H22N4O2. The van der Waals surface area contributed by atoms with Gasteiger partial charge < -0.3 is 14.5 Å². The average molecular weight is 326 g/mol. The Balaban J connectivity index is 1.55. The molecule has 0 bridgehead atoms. The third-order valence-corrected chi connectivity index (χ3v) is 4.23. The largest absolute Gasteiger partial charge is 0.497 e. The van der Waals surface area contributed by atoms with Crippen LogP contribution < -0.4 is 9.64 Å². The van der Waals surface area contributed by atoms with Crippen LogP contribution in [0.25, 0.3) is 0 Å². The van der Waals surface area contributed by atoms with Gasteiger partial charge in [-0.15, -0.1) is 5.10 Å². The summed E-state index contributed by atoms with van der Waals surface area (Å²) in [5.74, 6) is 1.81. The highest BCUT2D eigenvalue weighted by Crippen LogP contribution is 2.16. The molecule has 0 saturated carbocycles. The summed E-state index contributed by atoms with van der Waals surface area (Å²) in [6, 6.07) is 11.6. The maximum absolute atomic E-state index is 12.5. The molecule has 1 aliphatic rings. The van der Waals surface area contributed by atoms with Crippen molar-refractivity contribution < 1.29 is 9.53 Å². The number of hydrogen-bond donors (Lipinski definition) is 0. The predicted molar refractivity (Wildman–Crippen MR) is 92.3 cm³/mol. The molecule has 1 aromatic heterocycles. The van der Waals surface area contributed by atoms with Crippen LogP contribution in [0.5, 0.6) is 5.75 Å². The van der Waals surface area contributed by atoms with Crippen LogP contribution in [0.2, 0.25) is 0 Å². The number of benzene rings is 1. The van der Waals surface area contributed by atoms with Crippen LogP contribution in [0.3, 0.4) is 0 Å². The summed E-state index contributed by atoms with van der Waals surface area (Å²) in [5, 5.41) is 8.31. The van der Waals surface area contributed by atoms with Crippen molar-refractivity contribution in [3.8, 4) is 5.75 Å². The highest BCUT2D eigenvalue weighted by molar-refractivity contribution is 5.79. The fourth-order valence-electron chi connectivity index (χ4n) is 2.81. The molecule has 0 aliphatic carbocycles. The third kappa shape index (κ3) is 3.82. The first-order valence-corrected chi connectivity index (χ1v) is 8.11. The zero-order valence-corrected chi connectivity index (χ0v) is 14.1. The third-order valence-electron chi connectivity index (χ3n) is 4.23. The lowest BCUT2D eigenvalue weighted by atomic mass is 10.1. The van der Waals surface area contributed by atoms with E-state index in [9.17, 15) is 4.79 Å². The molecule has 1 amide bonds. The highest BCUT2D eigenvalue weighted by atomic mass is 16.5. The van der Waals surface area contributed by atoms with Crippen molar-refractivity contribution in [1.29, 1.82) is 0 Å². The van der Waals surface area contributed by atoms with Gasteiger partial charge in [-0.2, -0.15) is 5.10 Å². The van der Waals surface area contributed by atoms with Crippen LogP contribution in [-0.4, -0.2) is 54.3 Å². The highest BCUT2D eigenvalue weighted by Gasteiger charge is 2.22. The van der Waals surface area contributed by atoms with Crippen LogP contribution >= 0.6 is 0 Å². The van der Waals surface area contributed by atoms with Crippen molar-refractivity contribution >= 4 is 11.7 Å². The summed E-state index contributed by atoms with van der Waals surface area (Å²) in [4.78, 5) is 16.6. The van der Waals surface area contributed by atoms with Crippen LogP contribution in [0, 0.1) is 6.92 Å². The van der Waals surface area contributed by atoms with Gasteiger partial charge in [0.25, 0.3) is 0 Å². The van der Waals surface area contributed by atoms with Gasteiger partial charge in [-0.25, -0.2) is 0 Å². The van der Waals surface area contributed by atoms with Gasteiger partial charge >= 0.3 is 0 Å². The minimum atomic E-state index is 0.151. The maximum atomic E-state index is 12.5. The molecule has 0 N–H and O–H groups in total. The SMILES string of the molecule is COc1cccc(CC(=O)N2CCN(c3ccc(C)nn3)CC2)c1. The molecule has 0 spiro atoms. The zero-order chi connectivity index (χ0) is 16.9. The van der Waals surface area contributed by atoms with Gasteiger partial charge in [0, 0.05) is 26.2 Å². The molecule has 0 unspecified atom stereocenters. The van der Waals surface area contributed by atoms with Gasteiger partial charge in [0.1, 0.15) is 5.75 Å². The van der Waals surface area contributed by atoms with E-state index in [4.69, 9.17) is 4.74 Å². The van der Waals surface area contributed by atoms with E-state index in [0.29, 0.717) is 19.5 Å². The monoisotopic (exact) mass is 326 g/mol. The zero-order valence-electron chi connectivity index (χ0n) is 14.1. The molecule has 3 rings (SSSR count). The summed E-state index contributed by atoms with van der Waals surface area (Å²) in [6.07, 6.45) is 0.404. The van der Waals surface area contributed by atoms with Gasteiger partial charge in [-0.1, -0.05) is 12.1 Å². The van der Waals surface area contributed by atoms with Crippen LogP contribution in [0.15, 0.2) is 36.4 Å². The van der Waals surface area contributed by atoms with E-state index in [1.807, 2.05) is 48.2 Å². The minimum Gasteiger partial charge on any atom is -0.497 e. The van der Waals surface area contributed by atoms with Gasteiger partial charge in [0.05, 0.1) is 19.2 Å². The van der Waals surface area contributed by atoms with Crippen LogP contribution in [0.1, 0.15) is 11.3 Å². The number of piperazine rings is 1. The summed E-state index contributed by atoms with van der Waals surface area (Å²) in [7, 11) is 1.63. The Morgan fingerprint density at radius 3 is 2.58 bits per heavy atom. The van der Waals surface area contributed by atoms with Gasteiger partial charge in [-0.05, 0) is 36.8 Å². The van der Waals surface area contributed by atoms with Crippen molar-refractivity contribution in [3.63, 3.8) is 0 Å². The summed E-state index contributed by atoms with van der Waals surface area (Å²) in [6.45, 7) is 4.89. The Hall–Kier alpha value is -2.63. The second-order valence-electron chi connectivity index (χ2n) is 5.93. The number of anilines is 1. The number of rotatable bonds is 4. The quantitative estimate of drug-likeness (QED) is 0.856. The number of hydrogen-bond acceptors (Lipinski definition) is 5. The first kappa shape index (κ1) is 16.2. The van der Waals surface area contributed by atoms with Crippen molar-refractivity contribution in [2.75, 3.05) is 38.2 Å². The topological polar surface area (TPSA) is 58.6 Å². The van der Waals surface area contributed by atoms with Crippen LogP contribution in [-0.2, 0) is 11.2 Å². The average Bonchev–Trinajstić information content (AvgIpc) is 2.62. The molecule has 24 heavy (non-hydrogen) atoms. The molecule has 2 aromatic rings. The molecule has 6 nitrogen and oxygen atoms in total. The van der Waals surface area contributed by atoms with Crippen LogP contribution in [0.4, 0.5) is 5.82 Å². The first-order valence-electron chi connectivity index (χ1n) is 8.11. The molecule has 126 valence electrons. The van der Waals surface area contributed by atoms with Crippen molar-refractivity contribution in [1.82, 2.24) is 15.1 Å². The standard InChI is InChI=1S/C18H22N4O2/c1-14-6-7-17(20-19-14)21-8-10-22(11-9-21)18(23)13-15-4-3-5-16(12-15)24-2/h3-7,12H,8-11,13H2,1-2H3. The number of nitrogens with zero attached hydrogens (tertiary/aromatic N) is 4. The maximum Gasteiger partial charge on any atom is 0.227 e. The Morgan fingerprint density at radius 2 is 1.92 bits per heavy atom. The molecule has 1 saturated heterocycles. The Labute approximate surface area is 142 Å². The molecule has 0 radical (unpaired) electrons. The van der Waals surface area contributed by atoms with E-state index in [-0.39, 0.29) is 5.91 Å². The molecule has 1 aliphatic heterocycles. The van der Waals surface area contributed by atoms with E-state index >= 15 is 0 Å². The van der Waals surface area contributed by atoms with Crippen molar-refractivity contribution in [3.05, 3.63) is 47.7 Å². The Morgan fingerprint density at radius 1 is 1.12 bits per heavy atom. The van der Waals surface area contributed by atoms with Gasteiger partial charge in [-0.3, -0.25) is 4.79 Å². The molecule has 1 aromatic carbocycles. The number of carbonyl (C=O) groups excluding carboxylic acids is 1. The first-order chi connectivity index (χ1) is 11.7. The summed E-state index contributed by atoms with van der Waals surface area (Å²) in [5.41, 5.74) is 1.89.